The molecule has 0 unspecified atom stereocenters. The third-order valence-electron chi connectivity index (χ3n) is 4.00. The Morgan fingerprint density at radius 2 is 1.81 bits per heavy atom. The molecular weight excluding hydrogens is 338 g/mol. The van der Waals surface area contributed by atoms with Crippen LogP contribution < -0.4 is 24.3 Å². The van der Waals surface area contributed by atoms with Crippen molar-refractivity contribution in [3.8, 4) is 23.0 Å². The second kappa shape index (κ2) is 7.35. The molecule has 0 spiro atoms. The number of methoxy groups -OCH3 is 2. The molecule has 0 atom stereocenters. The number of ketones is 1. The highest BCUT2D eigenvalue weighted by Gasteiger charge is 2.21. The summed E-state index contributed by atoms with van der Waals surface area (Å²) in [6, 6.07) is 8.41. The van der Waals surface area contributed by atoms with E-state index in [0.717, 1.165) is 0 Å². The number of ether oxygens (including phenoxy) is 4. The van der Waals surface area contributed by atoms with E-state index in [0.29, 0.717) is 39.8 Å². The topological polar surface area (TPSA) is 83.1 Å². The lowest BCUT2D eigenvalue weighted by molar-refractivity contribution is -0.115. The molecule has 0 aromatic heterocycles. The monoisotopic (exact) mass is 357 g/mol. The van der Waals surface area contributed by atoms with Crippen molar-refractivity contribution in [3.05, 3.63) is 41.5 Å². The summed E-state index contributed by atoms with van der Waals surface area (Å²) in [6.07, 6.45) is 0.0617. The summed E-state index contributed by atoms with van der Waals surface area (Å²) in [6.45, 7) is 1.52. The molecule has 7 heteroatoms. The van der Waals surface area contributed by atoms with Gasteiger partial charge in [-0.15, -0.1) is 0 Å². The zero-order valence-corrected chi connectivity index (χ0v) is 14.8. The van der Waals surface area contributed by atoms with Gasteiger partial charge in [-0.2, -0.15) is 0 Å². The van der Waals surface area contributed by atoms with E-state index < -0.39 is 0 Å². The van der Waals surface area contributed by atoms with Crippen molar-refractivity contribution in [1.29, 1.82) is 0 Å². The van der Waals surface area contributed by atoms with Gasteiger partial charge in [-0.3, -0.25) is 9.59 Å². The molecule has 0 fully saturated rings. The van der Waals surface area contributed by atoms with Gasteiger partial charge in [-0.25, -0.2) is 0 Å². The van der Waals surface area contributed by atoms with Gasteiger partial charge in [0.25, 0.3) is 0 Å². The van der Waals surface area contributed by atoms with Crippen LogP contribution in [0.25, 0.3) is 0 Å². The first kappa shape index (κ1) is 17.6. The standard InChI is InChI=1S/C19H19NO6/c1-11(21)14-8-17-18(26-10-25-17)9-15(14)20-19(22)7-12-6-13(23-2)4-5-16(12)24-3/h4-6,8-9H,7,10H2,1-3H3,(H,20,22). The van der Waals surface area contributed by atoms with Crippen LogP contribution in [0.4, 0.5) is 5.69 Å². The minimum atomic E-state index is -0.294. The molecule has 1 aliphatic heterocycles. The van der Waals surface area contributed by atoms with Crippen molar-refractivity contribution in [2.75, 3.05) is 26.3 Å². The Kier molecular flexibility index (Phi) is 4.97. The second-order valence-corrected chi connectivity index (χ2v) is 5.71. The normalized spacial score (nSPS) is 11.8. The Morgan fingerprint density at radius 3 is 2.46 bits per heavy atom. The van der Waals surface area contributed by atoms with Gasteiger partial charge >= 0.3 is 0 Å². The lowest BCUT2D eigenvalue weighted by atomic mass is 10.1. The predicted octanol–water partition coefficient (Wildman–Crippen LogP) is 2.82. The highest BCUT2D eigenvalue weighted by molar-refractivity contribution is 6.05. The van der Waals surface area contributed by atoms with Crippen molar-refractivity contribution in [2.24, 2.45) is 0 Å². The quantitative estimate of drug-likeness (QED) is 0.801. The number of hydrogen-bond acceptors (Lipinski definition) is 6. The summed E-state index contributed by atoms with van der Waals surface area (Å²) >= 11 is 0. The van der Waals surface area contributed by atoms with E-state index in [4.69, 9.17) is 18.9 Å². The van der Waals surface area contributed by atoms with Crippen LogP contribution in [0.3, 0.4) is 0 Å². The first-order valence-corrected chi connectivity index (χ1v) is 7.97. The summed E-state index contributed by atoms with van der Waals surface area (Å²) < 4.78 is 21.1. The minimum absolute atomic E-state index is 0.0617. The fourth-order valence-corrected chi connectivity index (χ4v) is 2.72. The van der Waals surface area contributed by atoms with Crippen LogP contribution in [0.2, 0.25) is 0 Å². The third kappa shape index (κ3) is 3.56. The summed E-state index contributed by atoms with van der Waals surface area (Å²) in [7, 11) is 3.09. The Hall–Kier alpha value is -3.22. The number of benzene rings is 2. The van der Waals surface area contributed by atoms with E-state index >= 15 is 0 Å². The summed E-state index contributed by atoms with van der Waals surface area (Å²) in [5.74, 6) is 1.71. The fourth-order valence-electron chi connectivity index (χ4n) is 2.72. The molecule has 3 rings (SSSR count). The summed E-state index contributed by atoms with van der Waals surface area (Å²) in [5, 5.41) is 2.77. The van der Waals surface area contributed by atoms with E-state index in [1.165, 1.54) is 14.0 Å². The van der Waals surface area contributed by atoms with Crippen LogP contribution in [0.5, 0.6) is 23.0 Å². The van der Waals surface area contributed by atoms with Gasteiger partial charge in [0, 0.05) is 17.2 Å². The molecule has 0 saturated heterocycles. The molecule has 1 amide bonds. The molecule has 0 aliphatic carbocycles. The van der Waals surface area contributed by atoms with Crippen LogP contribution in [-0.2, 0) is 11.2 Å². The molecule has 2 aromatic carbocycles. The van der Waals surface area contributed by atoms with Gasteiger partial charge in [0.1, 0.15) is 11.5 Å². The lowest BCUT2D eigenvalue weighted by Gasteiger charge is -2.13. The molecule has 7 nitrogen and oxygen atoms in total. The largest absolute Gasteiger partial charge is 0.497 e. The molecule has 136 valence electrons. The van der Waals surface area contributed by atoms with Crippen LogP contribution in [-0.4, -0.2) is 32.7 Å². The average Bonchev–Trinajstić information content (AvgIpc) is 3.08. The molecule has 1 N–H and O–H groups in total. The molecule has 0 radical (unpaired) electrons. The van der Waals surface area contributed by atoms with Crippen molar-refractivity contribution < 1.29 is 28.5 Å². The number of fused-ring (bicyclic) bond motifs is 1. The second-order valence-electron chi connectivity index (χ2n) is 5.71. The highest BCUT2D eigenvalue weighted by atomic mass is 16.7. The molecule has 0 bridgehead atoms. The molecule has 1 aliphatic rings. The number of hydrogen-bond donors (Lipinski definition) is 1. The van der Waals surface area contributed by atoms with E-state index in [2.05, 4.69) is 5.32 Å². The van der Waals surface area contributed by atoms with Gasteiger partial charge < -0.3 is 24.3 Å². The fraction of sp³-hybridized carbons (Fsp3) is 0.263. The van der Waals surface area contributed by atoms with Gasteiger partial charge in [0.15, 0.2) is 17.3 Å². The molecule has 26 heavy (non-hydrogen) atoms. The Balaban J connectivity index is 1.84. The maximum Gasteiger partial charge on any atom is 0.231 e. The maximum atomic E-state index is 12.5. The number of carbonyl (C=O) groups excluding carboxylic acids is 2. The average molecular weight is 357 g/mol. The van der Waals surface area contributed by atoms with E-state index in [1.807, 2.05) is 0 Å². The van der Waals surface area contributed by atoms with Crippen LogP contribution in [0, 0.1) is 0 Å². The van der Waals surface area contributed by atoms with Crippen LogP contribution in [0.1, 0.15) is 22.8 Å². The summed E-state index contributed by atoms with van der Waals surface area (Å²) in [5.41, 5.74) is 1.42. The van der Waals surface area contributed by atoms with Gasteiger partial charge in [-0.1, -0.05) is 0 Å². The number of amides is 1. The zero-order chi connectivity index (χ0) is 18.7. The summed E-state index contributed by atoms with van der Waals surface area (Å²) in [4.78, 5) is 24.4. The lowest BCUT2D eigenvalue weighted by Crippen LogP contribution is -2.17. The SMILES string of the molecule is COc1ccc(OC)c(CC(=O)Nc2cc3c(cc2C(C)=O)OCO3)c1. The molecular formula is C19H19NO6. The number of rotatable bonds is 6. The Morgan fingerprint density at radius 1 is 1.08 bits per heavy atom. The first-order valence-electron chi connectivity index (χ1n) is 7.97. The smallest absolute Gasteiger partial charge is 0.231 e. The number of nitrogens with one attached hydrogen (secondary N) is 1. The van der Waals surface area contributed by atoms with Crippen LogP contribution in [0.15, 0.2) is 30.3 Å². The number of anilines is 1. The maximum absolute atomic E-state index is 12.5. The van der Waals surface area contributed by atoms with E-state index in [1.54, 1.807) is 37.4 Å². The van der Waals surface area contributed by atoms with Gasteiger partial charge in [-0.05, 0) is 31.2 Å². The zero-order valence-electron chi connectivity index (χ0n) is 14.8. The van der Waals surface area contributed by atoms with E-state index in [-0.39, 0.29) is 24.9 Å². The van der Waals surface area contributed by atoms with Crippen molar-refractivity contribution in [2.45, 2.75) is 13.3 Å². The Labute approximate surface area is 150 Å². The van der Waals surface area contributed by atoms with Gasteiger partial charge in [0.05, 0.1) is 26.3 Å². The van der Waals surface area contributed by atoms with Crippen molar-refractivity contribution in [1.82, 2.24) is 0 Å². The third-order valence-corrected chi connectivity index (χ3v) is 4.00. The molecule has 1 heterocycles. The molecule has 0 saturated carbocycles. The number of Topliss-reactive ketones (excluding diaryl/α,β-unsaturated/α-hetero) is 1. The Bertz CT molecular complexity index is 861. The number of carbonyl (C=O) groups is 2. The van der Waals surface area contributed by atoms with Crippen LogP contribution >= 0.6 is 0 Å². The highest BCUT2D eigenvalue weighted by Crippen LogP contribution is 2.37. The van der Waals surface area contributed by atoms with Crippen molar-refractivity contribution in [3.63, 3.8) is 0 Å². The molecule has 2 aromatic rings. The minimum Gasteiger partial charge on any atom is -0.497 e. The van der Waals surface area contributed by atoms with Crippen molar-refractivity contribution >= 4 is 17.4 Å². The van der Waals surface area contributed by atoms with E-state index in [9.17, 15) is 9.59 Å². The van der Waals surface area contributed by atoms with Gasteiger partial charge in [0.2, 0.25) is 12.7 Å². The predicted molar refractivity (Wildman–Crippen MR) is 94.4 cm³/mol. The first-order chi connectivity index (χ1) is 12.5.